The van der Waals surface area contributed by atoms with E-state index < -0.39 is 0 Å². The predicted molar refractivity (Wildman–Crippen MR) is 213 cm³/mol. The van der Waals surface area contributed by atoms with Crippen molar-refractivity contribution in [3.8, 4) is 34.5 Å². The molecule has 0 spiro atoms. The van der Waals surface area contributed by atoms with Crippen molar-refractivity contribution in [1.29, 1.82) is 0 Å². The molecule has 5 aromatic carbocycles. The van der Waals surface area contributed by atoms with Crippen LogP contribution in [-0.4, -0.2) is 88.7 Å². The predicted octanol–water partition coefficient (Wildman–Crippen LogP) is 7.59. The number of benzene rings is 5. The zero-order chi connectivity index (χ0) is 38.6. The van der Waals surface area contributed by atoms with Gasteiger partial charge in [-0.25, -0.2) is 0 Å². The van der Waals surface area contributed by atoms with Gasteiger partial charge in [-0.05, 0) is 96.1 Å². The number of hydrogen-bond donors (Lipinski definition) is 2. The highest BCUT2D eigenvalue weighted by Crippen LogP contribution is 2.33. The molecule has 0 bridgehead atoms. The molecule has 0 aromatic heterocycles. The third-order valence-corrected chi connectivity index (χ3v) is 8.39. The van der Waals surface area contributed by atoms with E-state index in [-0.39, 0.29) is 24.7 Å². The van der Waals surface area contributed by atoms with Gasteiger partial charge in [0.2, 0.25) is 0 Å². The van der Waals surface area contributed by atoms with Crippen molar-refractivity contribution in [2.75, 3.05) is 66.1 Å². The lowest BCUT2D eigenvalue weighted by Crippen LogP contribution is -2.16. The summed E-state index contributed by atoms with van der Waals surface area (Å²) >= 11 is 0. The van der Waals surface area contributed by atoms with Crippen LogP contribution in [-0.2, 0) is 32.2 Å². The molecule has 1 aliphatic rings. The fraction of sp³-hybridized carbons (Fsp3) is 0.273. The van der Waals surface area contributed by atoms with Crippen LogP contribution in [0, 0.1) is 0 Å². The zero-order valence-electron chi connectivity index (χ0n) is 31.1. The quantitative estimate of drug-likeness (QED) is 0.137. The summed E-state index contributed by atoms with van der Waals surface area (Å²) in [5.41, 5.74) is 4.35. The molecule has 0 saturated carbocycles. The van der Waals surface area contributed by atoms with Crippen LogP contribution in [0.2, 0.25) is 0 Å². The van der Waals surface area contributed by atoms with Gasteiger partial charge in [0.1, 0.15) is 49.4 Å². The van der Waals surface area contributed by atoms with Crippen molar-refractivity contribution in [2.24, 2.45) is 9.98 Å². The topological polar surface area (TPSA) is 139 Å². The number of hydrogen-bond acceptors (Lipinski definition) is 12. The molecule has 1 aliphatic heterocycles. The monoisotopic (exact) mass is 762 g/mol. The highest BCUT2D eigenvalue weighted by molar-refractivity contribution is 5.85. The summed E-state index contributed by atoms with van der Waals surface area (Å²) in [6.45, 7) is 4.54. The standard InChI is InChI=1S/C44H46N2O10/c47-41-7-3-1-5-33(41)29-45-37-9-13-39(14-10-37)55-31-35-27-43-44(54-26-24-52-22-20-50-18-17-49-19-21-51-23-25-53-43)28-36(35)32-56-40-15-11-38(12-16-40)46-30-34-6-2-4-8-42(34)48/h1-16,27-30,47-48H,17-26,31-32H2. The lowest BCUT2D eigenvalue weighted by atomic mass is 10.1. The molecule has 1 heterocycles. The minimum atomic E-state index is 0.166. The Morgan fingerprint density at radius 2 is 0.821 bits per heavy atom. The van der Waals surface area contributed by atoms with Gasteiger partial charge in [-0.3, -0.25) is 9.98 Å². The van der Waals surface area contributed by atoms with Gasteiger partial charge in [0.25, 0.3) is 0 Å². The number of nitrogens with zero attached hydrogens (tertiary/aromatic N) is 2. The Hall–Kier alpha value is -5.92. The fourth-order valence-electron chi connectivity index (χ4n) is 5.38. The number of ether oxygens (including phenoxy) is 8. The van der Waals surface area contributed by atoms with Crippen LogP contribution in [0.4, 0.5) is 11.4 Å². The first kappa shape index (κ1) is 39.8. The average Bonchev–Trinajstić information content (AvgIpc) is 3.22. The van der Waals surface area contributed by atoms with E-state index in [0.29, 0.717) is 112 Å². The maximum atomic E-state index is 10.1. The molecule has 0 unspecified atom stereocenters. The molecule has 5 aromatic rings. The van der Waals surface area contributed by atoms with Gasteiger partial charge in [0, 0.05) is 23.6 Å². The van der Waals surface area contributed by atoms with Gasteiger partial charge in [-0.2, -0.15) is 0 Å². The van der Waals surface area contributed by atoms with E-state index in [0.717, 1.165) is 11.1 Å². The molecule has 12 nitrogen and oxygen atoms in total. The van der Waals surface area contributed by atoms with Crippen LogP contribution in [0.25, 0.3) is 0 Å². The molecule has 0 amide bonds. The number of aromatic hydroxyl groups is 2. The molecule has 292 valence electrons. The first-order chi connectivity index (χ1) is 27.6. The van der Waals surface area contributed by atoms with Crippen molar-refractivity contribution in [1.82, 2.24) is 0 Å². The van der Waals surface area contributed by atoms with Crippen molar-refractivity contribution >= 4 is 23.8 Å². The number of phenolic OH excluding ortho intramolecular Hbond substituents is 2. The maximum absolute atomic E-state index is 10.1. The van der Waals surface area contributed by atoms with E-state index in [1.165, 1.54) is 0 Å². The van der Waals surface area contributed by atoms with Gasteiger partial charge in [0.05, 0.1) is 64.2 Å². The van der Waals surface area contributed by atoms with Gasteiger partial charge in [-0.1, -0.05) is 24.3 Å². The molecule has 0 aliphatic carbocycles. The Morgan fingerprint density at radius 3 is 1.20 bits per heavy atom. The summed E-state index contributed by atoms with van der Waals surface area (Å²) in [5, 5.41) is 20.1. The molecular formula is C44H46N2O10. The second-order valence-electron chi connectivity index (χ2n) is 12.4. The summed E-state index contributed by atoms with van der Waals surface area (Å²) < 4.78 is 47.5. The maximum Gasteiger partial charge on any atom is 0.161 e. The van der Waals surface area contributed by atoms with Gasteiger partial charge in [0.15, 0.2) is 11.5 Å². The summed E-state index contributed by atoms with van der Waals surface area (Å²) in [4.78, 5) is 8.96. The Labute approximate surface area is 326 Å². The summed E-state index contributed by atoms with van der Waals surface area (Å²) in [6.07, 6.45) is 3.24. The van der Waals surface area contributed by atoms with E-state index in [2.05, 4.69) is 9.98 Å². The van der Waals surface area contributed by atoms with Crippen LogP contribution < -0.4 is 18.9 Å². The van der Waals surface area contributed by atoms with Crippen molar-refractivity contribution in [3.05, 3.63) is 131 Å². The van der Waals surface area contributed by atoms with E-state index in [4.69, 9.17) is 37.9 Å². The molecule has 56 heavy (non-hydrogen) atoms. The van der Waals surface area contributed by atoms with Gasteiger partial charge in [-0.15, -0.1) is 0 Å². The first-order valence-corrected chi connectivity index (χ1v) is 18.4. The molecule has 0 saturated heterocycles. The Balaban J connectivity index is 1.17. The normalized spacial score (nSPS) is 14.9. The van der Waals surface area contributed by atoms with Crippen LogP contribution in [0.1, 0.15) is 22.3 Å². The number of phenols is 2. The van der Waals surface area contributed by atoms with Crippen LogP contribution in [0.3, 0.4) is 0 Å². The second kappa shape index (κ2) is 21.8. The molecular weight excluding hydrogens is 716 g/mol. The van der Waals surface area contributed by atoms with Crippen molar-refractivity contribution in [3.63, 3.8) is 0 Å². The SMILES string of the molecule is Oc1ccccc1C=Nc1ccc(OCc2cc3c(cc2COc2ccc(N=Cc4ccccc4O)cc2)OCCOCCOCCOCCOCCO3)cc1. The van der Waals surface area contributed by atoms with E-state index >= 15 is 0 Å². The largest absolute Gasteiger partial charge is 0.507 e. The number of rotatable bonds is 10. The summed E-state index contributed by atoms with van der Waals surface area (Å²) in [7, 11) is 0. The van der Waals surface area contributed by atoms with E-state index in [1.54, 1.807) is 48.8 Å². The fourth-order valence-corrected chi connectivity index (χ4v) is 5.38. The van der Waals surface area contributed by atoms with Crippen LogP contribution >= 0.6 is 0 Å². The number of para-hydroxylation sites is 2. The summed E-state index contributed by atoms with van der Waals surface area (Å²) in [6, 6.07) is 32.6. The van der Waals surface area contributed by atoms with Gasteiger partial charge >= 0.3 is 0 Å². The molecule has 2 N–H and O–H groups in total. The Kier molecular flexibility index (Phi) is 15.5. The van der Waals surface area contributed by atoms with E-state index in [1.807, 2.05) is 72.8 Å². The highest BCUT2D eigenvalue weighted by Gasteiger charge is 2.15. The zero-order valence-corrected chi connectivity index (χ0v) is 31.1. The Morgan fingerprint density at radius 1 is 0.464 bits per heavy atom. The lowest BCUT2D eigenvalue weighted by Gasteiger charge is -2.19. The summed E-state index contributed by atoms with van der Waals surface area (Å²) in [5.74, 6) is 2.70. The molecule has 6 rings (SSSR count). The van der Waals surface area contributed by atoms with Crippen molar-refractivity contribution in [2.45, 2.75) is 13.2 Å². The number of fused-ring (bicyclic) bond motifs is 1. The molecule has 0 atom stereocenters. The third kappa shape index (κ3) is 12.8. The highest BCUT2D eigenvalue weighted by atomic mass is 16.6. The minimum absolute atomic E-state index is 0.166. The molecule has 12 heteroatoms. The number of aliphatic imine (C=N–C) groups is 2. The smallest absolute Gasteiger partial charge is 0.161 e. The van der Waals surface area contributed by atoms with Crippen molar-refractivity contribution < 1.29 is 48.1 Å². The molecule has 0 fully saturated rings. The third-order valence-electron chi connectivity index (χ3n) is 8.39. The van der Waals surface area contributed by atoms with Crippen LogP contribution in [0.5, 0.6) is 34.5 Å². The van der Waals surface area contributed by atoms with Gasteiger partial charge < -0.3 is 48.1 Å². The minimum Gasteiger partial charge on any atom is -0.507 e. The second-order valence-corrected chi connectivity index (χ2v) is 12.4. The van der Waals surface area contributed by atoms with E-state index in [9.17, 15) is 10.2 Å². The molecule has 0 radical (unpaired) electrons. The first-order valence-electron chi connectivity index (χ1n) is 18.4. The Bertz CT molecular complexity index is 1860. The lowest BCUT2D eigenvalue weighted by molar-refractivity contribution is -0.00843. The van der Waals surface area contributed by atoms with Crippen LogP contribution in [0.15, 0.2) is 119 Å². The average molecular weight is 763 g/mol.